The van der Waals surface area contributed by atoms with Gasteiger partial charge in [0, 0.05) is 0 Å². The summed E-state index contributed by atoms with van der Waals surface area (Å²) in [5.74, 6) is 0. The summed E-state index contributed by atoms with van der Waals surface area (Å²) in [5.41, 5.74) is 0. The van der Waals surface area contributed by atoms with Crippen molar-refractivity contribution in [2.24, 2.45) is 0 Å². The van der Waals surface area contributed by atoms with Crippen LogP contribution in [0.15, 0.2) is 0 Å². The molecular formula is C9H13F9O3Sn. The Labute approximate surface area is 125 Å². The third kappa shape index (κ3) is 9.94. The van der Waals surface area contributed by atoms with Crippen molar-refractivity contribution in [3.8, 4) is 0 Å². The van der Waals surface area contributed by atoms with Gasteiger partial charge in [0.05, 0.1) is 0 Å². The van der Waals surface area contributed by atoms with E-state index in [4.69, 9.17) is 0 Å². The molecule has 0 fully saturated rings. The molecule has 0 aromatic carbocycles. The first-order chi connectivity index (χ1) is 9.56. The van der Waals surface area contributed by atoms with Gasteiger partial charge in [0.25, 0.3) is 0 Å². The molecule has 0 spiro atoms. The molecule has 0 saturated carbocycles. The van der Waals surface area contributed by atoms with Gasteiger partial charge in [0.15, 0.2) is 0 Å². The van der Waals surface area contributed by atoms with E-state index in [1.165, 1.54) is 0 Å². The standard InChI is InChI=1S/C3H7.3C2H2F3O.Sn/c1-3-2;3*3-2(4,5)1-6;/h3H,1-2H3;3*1H2;/q;3*-1;+3. The molecule has 0 heterocycles. The molecular weight excluding hydrogens is 446 g/mol. The zero-order valence-electron chi connectivity index (χ0n) is 11.3. The van der Waals surface area contributed by atoms with Crippen LogP contribution in [0.25, 0.3) is 0 Å². The van der Waals surface area contributed by atoms with Crippen molar-refractivity contribution in [2.45, 2.75) is 36.3 Å². The molecule has 13 heteroatoms. The second kappa shape index (κ2) is 7.75. The first-order valence-electron chi connectivity index (χ1n) is 5.68. The molecule has 0 aromatic rings. The normalized spacial score (nSPS) is 14.7. The molecule has 0 bridgehead atoms. The summed E-state index contributed by atoms with van der Waals surface area (Å²) in [6.45, 7) is -3.97. The molecule has 0 aliphatic rings. The van der Waals surface area contributed by atoms with Crippen molar-refractivity contribution >= 4 is 19.6 Å². The van der Waals surface area contributed by atoms with Crippen LogP contribution in [-0.4, -0.2) is 58.0 Å². The Morgan fingerprint density at radius 1 is 0.636 bits per heavy atom. The van der Waals surface area contributed by atoms with Crippen LogP contribution in [0.3, 0.4) is 0 Å². The predicted octanol–water partition coefficient (Wildman–Crippen LogP) is 4.07. The van der Waals surface area contributed by atoms with Crippen LogP contribution in [-0.2, 0) is 9.22 Å². The van der Waals surface area contributed by atoms with Crippen molar-refractivity contribution in [2.75, 3.05) is 19.8 Å². The van der Waals surface area contributed by atoms with Gasteiger partial charge in [-0.15, -0.1) is 0 Å². The predicted molar refractivity (Wildman–Crippen MR) is 56.9 cm³/mol. The van der Waals surface area contributed by atoms with Gasteiger partial charge in [-0.05, 0) is 0 Å². The zero-order chi connectivity index (χ0) is 17.8. The zero-order valence-corrected chi connectivity index (χ0v) is 14.2. The monoisotopic (exact) mass is 460 g/mol. The number of halogens is 9. The Morgan fingerprint density at radius 2 is 0.864 bits per heavy atom. The summed E-state index contributed by atoms with van der Waals surface area (Å²) in [5, 5.41) is 0. The molecule has 3 nitrogen and oxygen atoms in total. The average molecular weight is 459 g/mol. The van der Waals surface area contributed by atoms with Crippen molar-refractivity contribution in [1.82, 2.24) is 0 Å². The molecule has 0 saturated heterocycles. The van der Waals surface area contributed by atoms with Gasteiger partial charge in [0.2, 0.25) is 0 Å². The number of hydrogen-bond donors (Lipinski definition) is 0. The van der Waals surface area contributed by atoms with Crippen molar-refractivity contribution in [3.05, 3.63) is 0 Å². The van der Waals surface area contributed by atoms with Crippen LogP contribution < -0.4 is 0 Å². The van der Waals surface area contributed by atoms with Gasteiger partial charge >= 0.3 is 124 Å². The molecule has 0 aromatic heterocycles. The summed E-state index contributed by atoms with van der Waals surface area (Å²) in [4.78, 5) is 0. The second-order valence-corrected chi connectivity index (χ2v) is 13.7. The molecule has 0 rings (SSSR count). The maximum absolute atomic E-state index is 12.2. The van der Waals surface area contributed by atoms with E-state index >= 15 is 0 Å². The summed E-state index contributed by atoms with van der Waals surface area (Å²) in [7, 11) is 0. The van der Waals surface area contributed by atoms with Crippen molar-refractivity contribution < 1.29 is 48.7 Å². The third-order valence-corrected chi connectivity index (χ3v) is 10.7. The maximum atomic E-state index is 12.2. The Hall–Kier alpha value is 0.0487. The van der Waals surface area contributed by atoms with E-state index in [0.29, 0.717) is 0 Å². The van der Waals surface area contributed by atoms with E-state index in [2.05, 4.69) is 9.22 Å². The van der Waals surface area contributed by atoms with Gasteiger partial charge in [-0.25, -0.2) is 0 Å². The first-order valence-corrected chi connectivity index (χ1v) is 10.8. The van der Waals surface area contributed by atoms with E-state index in [1.807, 2.05) is 0 Å². The van der Waals surface area contributed by atoms with Crippen LogP contribution in [0, 0.1) is 0 Å². The quantitative estimate of drug-likeness (QED) is 0.425. The fourth-order valence-corrected chi connectivity index (χ4v) is 7.86. The van der Waals surface area contributed by atoms with E-state index in [9.17, 15) is 39.5 Å². The topological polar surface area (TPSA) is 27.7 Å². The Bertz CT molecular complexity index is 291. The number of hydrogen-bond acceptors (Lipinski definition) is 3. The third-order valence-electron chi connectivity index (χ3n) is 2.02. The second-order valence-electron chi connectivity index (χ2n) is 4.47. The van der Waals surface area contributed by atoms with Gasteiger partial charge in [0.1, 0.15) is 0 Å². The Balaban J connectivity index is 5.17. The van der Waals surface area contributed by atoms with Crippen LogP contribution >= 0.6 is 0 Å². The molecule has 0 unspecified atom stereocenters. The molecule has 134 valence electrons. The summed E-state index contributed by atoms with van der Waals surface area (Å²) >= 11 is -5.74. The molecule has 0 amide bonds. The van der Waals surface area contributed by atoms with Crippen molar-refractivity contribution in [3.63, 3.8) is 0 Å². The fraction of sp³-hybridized carbons (Fsp3) is 1.00. The van der Waals surface area contributed by atoms with Crippen LogP contribution in [0.2, 0.25) is 3.93 Å². The molecule has 0 atom stereocenters. The van der Waals surface area contributed by atoms with Gasteiger partial charge in [-0.1, -0.05) is 0 Å². The Morgan fingerprint density at radius 3 is 1.00 bits per heavy atom. The van der Waals surface area contributed by atoms with E-state index in [1.54, 1.807) is 0 Å². The van der Waals surface area contributed by atoms with Gasteiger partial charge in [-0.2, -0.15) is 0 Å². The van der Waals surface area contributed by atoms with Crippen molar-refractivity contribution in [1.29, 1.82) is 0 Å². The van der Waals surface area contributed by atoms with Gasteiger partial charge in [-0.3, -0.25) is 0 Å². The van der Waals surface area contributed by atoms with Crippen LogP contribution in [0.4, 0.5) is 39.5 Å². The SMILES string of the molecule is C[CH](C)[Sn]([O]CC(F)(F)F)([O]CC(F)(F)F)[O]CC(F)(F)F. The molecule has 0 aliphatic carbocycles. The fourth-order valence-electron chi connectivity index (χ4n) is 1.17. The molecule has 0 aliphatic heterocycles. The van der Waals surface area contributed by atoms with E-state index in [0.717, 1.165) is 13.8 Å². The number of rotatable bonds is 7. The van der Waals surface area contributed by atoms with E-state index < -0.39 is 61.9 Å². The van der Waals surface area contributed by atoms with Gasteiger partial charge < -0.3 is 0 Å². The average Bonchev–Trinajstić information content (AvgIpc) is 2.24. The van der Waals surface area contributed by atoms with E-state index in [-0.39, 0.29) is 0 Å². The summed E-state index contributed by atoms with van der Waals surface area (Å²) in [6, 6.07) is 0. The van der Waals surface area contributed by atoms with Crippen LogP contribution in [0.1, 0.15) is 13.8 Å². The Kier molecular flexibility index (Phi) is 7.76. The molecule has 22 heavy (non-hydrogen) atoms. The summed E-state index contributed by atoms with van der Waals surface area (Å²) < 4.78 is 121. The summed E-state index contributed by atoms with van der Waals surface area (Å²) in [6.07, 6.45) is -14.8. The minimum absolute atomic E-state index is 1.08. The molecule has 0 N–H and O–H groups in total. The number of alkyl halides is 9. The minimum atomic E-state index is -5.74. The molecule has 0 radical (unpaired) electrons. The first kappa shape index (κ1) is 22.0. The van der Waals surface area contributed by atoms with Crippen LogP contribution in [0.5, 0.6) is 0 Å².